The normalized spacial score (nSPS) is 16.6. The molecular weight excluding hydrogens is 424 g/mol. The molecule has 27 heavy (non-hydrogen) atoms. The Balaban J connectivity index is 2.21. The second kappa shape index (κ2) is 7.79. The second-order valence-electron chi connectivity index (χ2n) is 6.39. The molecule has 0 bridgehead atoms. The van der Waals surface area contributed by atoms with Crippen molar-refractivity contribution in [3.05, 3.63) is 69.8 Å². The molecule has 138 valence electrons. The van der Waals surface area contributed by atoms with Crippen LogP contribution in [0.3, 0.4) is 0 Å². The summed E-state index contributed by atoms with van der Waals surface area (Å²) in [7, 11) is 0. The molecule has 1 aliphatic rings. The van der Waals surface area contributed by atoms with Crippen LogP contribution in [0.5, 0.6) is 0 Å². The third-order valence-corrected chi connectivity index (χ3v) is 6.75. The van der Waals surface area contributed by atoms with Crippen LogP contribution in [0.1, 0.15) is 37.4 Å². The molecule has 3 rings (SSSR count). The minimum Gasteiger partial charge on any atom is -0.480 e. The first-order chi connectivity index (χ1) is 13.0. The van der Waals surface area contributed by atoms with E-state index in [9.17, 15) is 15.2 Å². The largest absolute Gasteiger partial charge is 0.480 e. The summed E-state index contributed by atoms with van der Waals surface area (Å²) in [5, 5.41) is 19.1. The number of aliphatic carboxylic acids is 1. The first kappa shape index (κ1) is 19.5. The van der Waals surface area contributed by atoms with Crippen LogP contribution >= 0.6 is 27.7 Å². The molecule has 0 amide bonds. The van der Waals surface area contributed by atoms with E-state index in [-0.39, 0.29) is 0 Å². The van der Waals surface area contributed by atoms with Gasteiger partial charge in [0, 0.05) is 21.1 Å². The summed E-state index contributed by atoms with van der Waals surface area (Å²) in [4.78, 5) is 12.7. The molecule has 1 fully saturated rings. The predicted molar refractivity (Wildman–Crippen MR) is 114 cm³/mol. The zero-order valence-corrected chi connectivity index (χ0v) is 17.3. The molecule has 2 heterocycles. The van der Waals surface area contributed by atoms with Crippen molar-refractivity contribution in [2.24, 2.45) is 0 Å². The molecular formula is C21H19BrN2O2S. The highest BCUT2D eigenvalue weighted by molar-refractivity contribution is 9.10. The molecule has 1 aliphatic carbocycles. The van der Waals surface area contributed by atoms with Crippen molar-refractivity contribution in [2.75, 3.05) is 0 Å². The number of halogens is 1. The second-order valence-corrected chi connectivity index (χ2v) is 8.74. The van der Waals surface area contributed by atoms with Gasteiger partial charge in [-0.1, -0.05) is 24.8 Å². The molecule has 6 heteroatoms. The SMILES string of the molecule is C=C/C(=C(\C=C/C)SC1(C(=O)O)CCC1)c1ccc(C#N)c2cc(Br)cn12. The maximum atomic E-state index is 11.8. The number of pyridine rings is 1. The molecule has 1 N–H and O–H groups in total. The van der Waals surface area contributed by atoms with E-state index >= 15 is 0 Å². The van der Waals surface area contributed by atoms with Crippen molar-refractivity contribution in [3.63, 3.8) is 0 Å². The van der Waals surface area contributed by atoms with Gasteiger partial charge in [0.15, 0.2) is 0 Å². The lowest BCUT2D eigenvalue weighted by Crippen LogP contribution is -2.41. The summed E-state index contributed by atoms with van der Waals surface area (Å²) >= 11 is 4.88. The van der Waals surface area contributed by atoms with Crippen molar-refractivity contribution in [1.82, 2.24) is 4.40 Å². The van der Waals surface area contributed by atoms with Gasteiger partial charge in [0.2, 0.25) is 0 Å². The number of fused-ring (bicyclic) bond motifs is 1. The Morgan fingerprint density at radius 2 is 2.22 bits per heavy atom. The lowest BCUT2D eigenvalue weighted by Gasteiger charge is -2.37. The number of aromatic nitrogens is 1. The fraction of sp³-hybridized carbons (Fsp3) is 0.238. The number of hydrogen-bond donors (Lipinski definition) is 1. The molecule has 0 aliphatic heterocycles. The number of carbonyl (C=O) groups is 1. The number of allylic oxidation sites excluding steroid dienone is 4. The monoisotopic (exact) mass is 442 g/mol. The van der Waals surface area contributed by atoms with Crippen LogP contribution in [0.4, 0.5) is 0 Å². The first-order valence-corrected chi connectivity index (χ1v) is 10.2. The molecule has 0 spiro atoms. The van der Waals surface area contributed by atoms with Gasteiger partial charge in [-0.25, -0.2) is 0 Å². The smallest absolute Gasteiger partial charge is 0.320 e. The molecule has 2 aromatic rings. The van der Waals surface area contributed by atoms with Gasteiger partial charge in [-0.15, -0.1) is 11.8 Å². The van der Waals surface area contributed by atoms with Crippen LogP contribution in [0.25, 0.3) is 11.1 Å². The standard InChI is InChI=1S/C21H19BrN2O2S/c1-3-6-19(27-21(20(25)26)9-5-10-21)16(4-2)17-8-7-14(12-23)18-11-15(22)13-24(17)18/h3-4,6-8,11,13H,2,5,9-10H2,1H3,(H,25,26)/b6-3-,19-16-. The molecule has 0 radical (unpaired) electrons. The maximum absolute atomic E-state index is 11.8. The van der Waals surface area contributed by atoms with E-state index in [4.69, 9.17) is 0 Å². The number of carboxylic acid groups (broad SMARTS) is 1. The van der Waals surface area contributed by atoms with E-state index in [1.165, 1.54) is 11.8 Å². The maximum Gasteiger partial charge on any atom is 0.320 e. The van der Waals surface area contributed by atoms with Gasteiger partial charge >= 0.3 is 5.97 Å². The summed E-state index contributed by atoms with van der Waals surface area (Å²) in [6, 6.07) is 7.78. The van der Waals surface area contributed by atoms with Gasteiger partial charge in [0.05, 0.1) is 16.8 Å². The molecule has 4 nitrogen and oxygen atoms in total. The number of nitrogens with zero attached hydrogens (tertiary/aromatic N) is 2. The third kappa shape index (κ3) is 3.50. The lowest BCUT2D eigenvalue weighted by molar-refractivity contribution is -0.142. The van der Waals surface area contributed by atoms with E-state index in [0.29, 0.717) is 18.4 Å². The fourth-order valence-electron chi connectivity index (χ4n) is 3.21. The van der Waals surface area contributed by atoms with Crippen LogP contribution in [0, 0.1) is 11.3 Å². The summed E-state index contributed by atoms with van der Waals surface area (Å²) < 4.78 is 2.04. The Morgan fingerprint density at radius 1 is 1.48 bits per heavy atom. The minimum atomic E-state index is -0.772. The summed E-state index contributed by atoms with van der Waals surface area (Å²) in [5.74, 6) is -0.766. The predicted octanol–water partition coefficient (Wildman–Crippen LogP) is 5.79. The van der Waals surface area contributed by atoms with E-state index in [1.807, 2.05) is 41.8 Å². The van der Waals surface area contributed by atoms with E-state index in [0.717, 1.165) is 32.6 Å². The van der Waals surface area contributed by atoms with Crippen molar-refractivity contribution in [1.29, 1.82) is 5.26 Å². The summed E-state index contributed by atoms with van der Waals surface area (Å²) in [6.07, 6.45) is 9.76. The van der Waals surface area contributed by atoms with E-state index in [2.05, 4.69) is 28.6 Å². The minimum absolute atomic E-state index is 0.578. The van der Waals surface area contributed by atoms with Gasteiger partial charge in [0.1, 0.15) is 10.8 Å². The van der Waals surface area contributed by atoms with Crippen LogP contribution in [-0.4, -0.2) is 20.2 Å². The number of thioether (sulfide) groups is 1. The molecule has 0 atom stereocenters. The van der Waals surface area contributed by atoms with Gasteiger partial charge in [-0.3, -0.25) is 4.79 Å². The highest BCUT2D eigenvalue weighted by Gasteiger charge is 2.46. The van der Waals surface area contributed by atoms with Gasteiger partial charge in [-0.2, -0.15) is 5.26 Å². The Hall–Kier alpha value is -2.23. The molecule has 0 saturated heterocycles. The van der Waals surface area contributed by atoms with E-state index < -0.39 is 10.7 Å². The molecule has 2 aromatic heterocycles. The molecule has 0 unspecified atom stereocenters. The van der Waals surface area contributed by atoms with Crippen molar-refractivity contribution < 1.29 is 9.90 Å². The van der Waals surface area contributed by atoms with E-state index in [1.54, 1.807) is 12.1 Å². The number of nitriles is 1. The Kier molecular flexibility index (Phi) is 5.64. The fourth-order valence-corrected chi connectivity index (χ4v) is 5.13. The molecule has 0 aromatic carbocycles. The van der Waals surface area contributed by atoms with Crippen molar-refractivity contribution in [2.45, 2.75) is 30.9 Å². The average molecular weight is 443 g/mol. The average Bonchev–Trinajstić information content (AvgIpc) is 2.99. The van der Waals surface area contributed by atoms with Crippen LogP contribution < -0.4 is 0 Å². The zero-order chi connectivity index (χ0) is 19.6. The first-order valence-electron chi connectivity index (χ1n) is 8.58. The topological polar surface area (TPSA) is 65.5 Å². The van der Waals surface area contributed by atoms with Crippen LogP contribution in [0.15, 0.2) is 58.6 Å². The zero-order valence-electron chi connectivity index (χ0n) is 14.9. The summed E-state index contributed by atoms with van der Waals surface area (Å²) in [5.41, 5.74) is 3.09. The quantitative estimate of drug-likeness (QED) is 0.575. The lowest BCUT2D eigenvalue weighted by atomic mass is 9.84. The Morgan fingerprint density at radius 3 is 2.74 bits per heavy atom. The summed E-state index contributed by atoms with van der Waals surface area (Å²) in [6.45, 7) is 5.89. The number of hydrogen-bond acceptors (Lipinski definition) is 3. The number of rotatable bonds is 6. The highest BCUT2D eigenvalue weighted by atomic mass is 79.9. The van der Waals surface area contributed by atoms with Gasteiger partial charge < -0.3 is 9.51 Å². The number of carboxylic acids is 1. The highest BCUT2D eigenvalue weighted by Crippen LogP contribution is 2.49. The Bertz CT molecular complexity index is 1020. The third-order valence-electron chi connectivity index (χ3n) is 4.77. The van der Waals surface area contributed by atoms with Crippen molar-refractivity contribution in [3.8, 4) is 6.07 Å². The van der Waals surface area contributed by atoms with Gasteiger partial charge in [-0.05, 0) is 60.3 Å². The Labute approximate surface area is 171 Å². The van der Waals surface area contributed by atoms with Gasteiger partial charge in [0.25, 0.3) is 0 Å². The van der Waals surface area contributed by atoms with Crippen molar-refractivity contribution >= 4 is 44.8 Å². The van der Waals surface area contributed by atoms with Crippen LogP contribution in [-0.2, 0) is 4.79 Å². The molecule has 1 saturated carbocycles. The van der Waals surface area contributed by atoms with Crippen LogP contribution in [0.2, 0.25) is 0 Å².